The third kappa shape index (κ3) is 3.94. The van der Waals surface area contributed by atoms with Gasteiger partial charge in [0.1, 0.15) is 4.88 Å². The van der Waals surface area contributed by atoms with Gasteiger partial charge in [0.05, 0.1) is 11.8 Å². The van der Waals surface area contributed by atoms with E-state index < -0.39 is 0 Å². The summed E-state index contributed by atoms with van der Waals surface area (Å²) in [7, 11) is 0. The van der Waals surface area contributed by atoms with Crippen molar-refractivity contribution < 1.29 is 9.53 Å². The Morgan fingerprint density at radius 3 is 2.92 bits per heavy atom. The molecule has 3 rings (SSSR count). The highest BCUT2D eigenvalue weighted by molar-refractivity contribution is 7.17. The smallest absolute Gasteiger partial charge is 0.263 e. The fourth-order valence-corrected chi connectivity index (χ4v) is 3.72. The minimum absolute atomic E-state index is 0.0748. The number of hydrogen-bond donors (Lipinski definition) is 2. The van der Waals surface area contributed by atoms with E-state index in [4.69, 9.17) is 4.74 Å². The Morgan fingerprint density at radius 1 is 1.38 bits per heavy atom. The first kappa shape index (κ1) is 16.9. The van der Waals surface area contributed by atoms with Gasteiger partial charge in [-0.05, 0) is 45.2 Å². The van der Waals surface area contributed by atoms with E-state index in [0.29, 0.717) is 11.4 Å². The molecule has 5 nitrogen and oxygen atoms in total. The van der Waals surface area contributed by atoms with Crippen LogP contribution in [0.4, 0.5) is 10.8 Å². The van der Waals surface area contributed by atoms with Crippen LogP contribution in [0.1, 0.15) is 39.3 Å². The molecule has 0 spiro atoms. The van der Waals surface area contributed by atoms with E-state index in [2.05, 4.69) is 41.6 Å². The lowest BCUT2D eigenvalue weighted by Crippen LogP contribution is -2.31. The van der Waals surface area contributed by atoms with Gasteiger partial charge in [0.15, 0.2) is 5.13 Å². The summed E-state index contributed by atoms with van der Waals surface area (Å²) in [6, 6.07) is 6.22. The Balaban J connectivity index is 1.66. The van der Waals surface area contributed by atoms with Crippen molar-refractivity contribution in [1.82, 2.24) is 10.3 Å². The minimum atomic E-state index is -0.0748. The molecule has 0 aliphatic carbocycles. The average Bonchev–Trinajstić information content (AvgIpc) is 3.17. The average molecular weight is 345 g/mol. The molecule has 24 heavy (non-hydrogen) atoms. The van der Waals surface area contributed by atoms with Crippen LogP contribution in [0.25, 0.3) is 0 Å². The number of anilines is 2. The maximum absolute atomic E-state index is 12.4. The summed E-state index contributed by atoms with van der Waals surface area (Å²) in [5.74, 6) is -0.0748. The first-order valence-corrected chi connectivity index (χ1v) is 9.06. The Kier molecular flexibility index (Phi) is 5.16. The van der Waals surface area contributed by atoms with Gasteiger partial charge in [0.25, 0.3) is 5.91 Å². The molecular formula is C18H23N3O2S. The van der Waals surface area contributed by atoms with E-state index in [1.807, 2.05) is 13.0 Å². The zero-order chi connectivity index (χ0) is 17.1. The molecule has 1 aromatic carbocycles. The summed E-state index contributed by atoms with van der Waals surface area (Å²) in [5, 5.41) is 7.01. The largest absolute Gasteiger partial charge is 0.376 e. The summed E-state index contributed by atoms with van der Waals surface area (Å²) >= 11 is 1.38. The van der Waals surface area contributed by atoms with E-state index in [0.717, 1.165) is 41.5 Å². The van der Waals surface area contributed by atoms with Crippen molar-refractivity contribution in [2.45, 2.75) is 39.7 Å². The molecule has 2 aromatic rings. The van der Waals surface area contributed by atoms with Crippen LogP contribution in [0.5, 0.6) is 0 Å². The molecule has 1 atom stereocenters. The first-order chi connectivity index (χ1) is 11.5. The number of nitrogens with zero attached hydrogens (tertiary/aromatic N) is 1. The highest BCUT2D eigenvalue weighted by Gasteiger charge is 2.19. The van der Waals surface area contributed by atoms with Crippen LogP contribution in [0, 0.1) is 20.8 Å². The minimum Gasteiger partial charge on any atom is -0.376 e. The number of carbonyl (C=O) groups is 1. The summed E-state index contributed by atoms with van der Waals surface area (Å²) in [6.07, 6.45) is 2.24. The number of thiazole rings is 1. The van der Waals surface area contributed by atoms with Gasteiger partial charge in [-0.15, -0.1) is 0 Å². The van der Waals surface area contributed by atoms with Gasteiger partial charge in [0.2, 0.25) is 0 Å². The van der Waals surface area contributed by atoms with Gasteiger partial charge >= 0.3 is 0 Å². The fraction of sp³-hybridized carbons (Fsp3) is 0.444. The van der Waals surface area contributed by atoms with Crippen molar-refractivity contribution >= 4 is 28.1 Å². The van der Waals surface area contributed by atoms with Crippen molar-refractivity contribution in [3.63, 3.8) is 0 Å². The van der Waals surface area contributed by atoms with Crippen LogP contribution in [0.15, 0.2) is 18.2 Å². The molecule has 2 heterocycles. The van der Waals surface area contributed by atoms with Gasteiger partial charge in [0, 0.05) is 18.8 Å². The Labute approximate surface area is 146 Å². The quantitative estimate of drug-likeness (QED) is 0.867. The molecule has 6 heteroatoms. The number of nitrogens with one attached hydrogen (secondary N) is 2. The standard InChI is InChI=1S/C18H23N3O2S/c1-11-6-7-15(12(2)9-11)21-18-20-13(3)16(24-18)17(22)19-10-14-5-4-8-23-14/h6-7,9,14H,4-5,8,10H2,1-3H3,(H,19,22)(H,20,21)/t14-/m0/s1. The molecule has 1 aromatic heterocycles. The summed E-state index contributed by atoms with van der Waals surface area (Å²) in [4.78, 5) is 17.5. The van der Waals surface area contributed by atoms with Gasteiger partial charge in [-0.25, -0.2) is 4.98 Å². The monoisotopic (exact) mass is 345 g/mol. The summed E-state index contributed by atoms with van der Waals surface area (Å²) < 4.78 is 5.54. The van der Waals surface area contributed by atoms with E-state index in [-0.39, 0.29) is 12.0 Å². The molecule has 0 bridgehead atoms. The lowest BCUT2D eigenvalue weighted by Gasteiger charge is -2.10. The second-order valence-electron chi connectivity index (χ2n) is 6.22. The van der Waals surface area contributed by atoms with E-state index in [1.165, 1.54) is 16.9 Å². The lowest BCUT2D eigenvalue weighted by molar-refractivity contribution is 0.0860. The molecule has 128 valence electrons. The number of hydrogen-bond acceptors (Lipinski definition) is 5. The molecule has 0 radical (unpaired) electrons. The maximum Gasteiger partial charge on any atom is 0.263 e. The molecule has 1 fully saturated rings. The van der Waals surface area contributed by atoms with E-state index in [1.54, 1.807) is 0 Å². The predicted octanol–water partition coefficient (Wildman–Crippen LogP) is 3.72. The van der Waals surface area contributed by atoms with Crippen molar-refractivity contribution in [2.75, 3.05) is 18.5 Å². The molecule has 1 aliphatic heterocycles. The number of ether oxygens (including phenoxy) is 1. The SMILES string of the molecule is Cc1ccc(Nc2nc(C)c(C(=O)NC[C@@H]3CCCO3)s2)c(C)c1. The topological polar surface area (TPSA) is 63.2 Å². The van der Waals surface area contributed by atoms with Gasteiger partial charge in [-0.2, -0.15) is 0 Å². The normalized spacial score (nSPS) is 17.0. The highest BCUT2D eigenvalue weighted by atomic mass is 32.1. The molecule has 1 amide bonds. The molecular weight excluding hydrogens is 322 g/mol. The number of rotatable bonds is 5. The second kappa shape index (κ2) is 7.32. The van der Waals surface area contributed by atoms with Crippen LogP contribution >= 0.6 is 11.3 Å². The van der Waals surface area contributed by atoms with Gasteiger partial charge < -0.3 is 15.4 Å². The van der Waals surface area contributed by atoms with Gasteiger partial charge in [-0.3, -0.25) is 4.79 Å². The number of benzene rings is 1. The predicted molar refractivity (Wildman–Crippen MR) is 97.4 cm³/mol. The Bertz CT molecular complexity index is 736. The fourth-order valence-electron chi connectivity index (χ4n) is 2.82. The zero-order valence-corrected chi connectivity index (χ0v) is 15.1. The van der Waals surface area contributed by atoms with Crippen molar-refractivity contribution in [2.24, 2.45) is 0 Å². The van der Waals surface area contributed by atoms with Crippen LogP contribution < -0.4 is 10.6 Å². The molecule has 1 saturated heterocycles. The maximum atomic E-state index is 12.4. The third-order valence-electron chi connectivity index (χ3n) is 4.14. The second-order valence-corrected chi connectivity index (χ2v) is 7.22. The van der Waals surface area contributed by atoms with E-state index in [9.17, 15) is 4.79 Å². The number of carbonyl (C=O) groups excluding carboxylic acids is 1. The van der Waals surface area contributed by atoms with Crippen LogP contribution in [-0.4, -0.2) is 30.1 Å². The van der Waals surface area contributed by atoms with Gasteiger partial charge in [-0.1, -0.05) is 29.0 Å². The molecule has 2 N–H and O–H groups in total. The summed E-state index contributed by atoms with van der Waals surface area (Å²) in [6.45, 7) is 7.36. The molecule has 0 saturated carbocycles. The van der Waals surface area contributed by atoms with Crippen LogP contribution in [-0.2, 0) is 4.74 Å². The van der Waals surface area contributed by atoms with Crippen molar-refractivity contribution in [3.05, 3.63) is 39.9 Å². The van der Waals surface area contributed by atoms with Crippen molar-refractivity contribution in [3.8, 4) is 0 Å². The number of amides is 1. The summed E-state index contributed by atoms with van der Waals surface area (Å²) in [5.41, 5.74) is 4.15. The van der Waals surface area contributed by atoms with Crippen LogP contribution in [0.3, 0.4) is 0 Å². The highest BCUT2D eigenvalue weighted by Crippen LogP contribution is 2.27. The first-order valence-electron chi connectivity index (χ1n) is 8.24. The van der Waals surface area contributed by atoms with Crippen LogP contribution in [0.2, 0.25) is 0 Å². The number of aromatic nitrogens is 1. The zero-order valence-electron chi connectivity index (χ0n) is 14.3. The van der Waals surface area contributed by atoms with E-state index >= 15 is 0 Å². The Hall–Kier alpha value is -1.92. The molecule has 0 unspecified atom stereocenters. The number of aryl methyl sites for hydroxylation is 3. The third-order valence-corrected chi connectivity index (χ3v) is 5.21. The lowest BCUT2D eigenvalue weighted by atomic mass is 10.1. The Morgan fingerprint density at radius 2 is 2.21 bits per heavy atom. The molecule has 1 aliphatic rings. The van der Waals surface area contributed by atoms with Crippen molar-refractivity contribution in [1.29, 1.82) is 0 Å².